The van der Waals surface area contributed by atoms with Gasteiger partial charge in [0.15, 0.2) is 0 Å². The fourth-order valence-electron chi connectivity index (χ4n) is 3.54. The van der Waals surface area contributed by atoms with Crippen molar-refractivity contribution in [3.8, 4) is 0 Å². The van der Waals surface area contributed by atoms with Crippen molar-refractivity contribution in [2.75, 3.05) is 33.7 Å². The third-order valence-corrected chi connectivity index (χ3v) is 4.76. The van der Waals surface area contributed by atoms with Crippen LogP contribution in [-0.2, 0) is 9.59 Å². The minimum atomic E-state index is -0.199. The van der Waals surface area contributed by atoms with E-state index in [1.165, 1.54) is 6.42 Å². The highest BCUT2D eigenvalue weighted by Crippen LogP contribution is 2.44. The molecular formula is C14H25N3O2. The van der Waals surface area contributed by atoms with Gasteiger partial charge in [-0.2, -0.15) is 0 Å². The average Bonchev–Trinajstić information content (AvgIpc) is 2.88. The molecule has 0 unspecified atom stereocenters. The minimum absolute atomic E-state index is 0.0121. The molecule has 108 valence electrons. The number of carbonyl (C=O) groups is 2. The summed E-state index contributed by atoms with van der Waals surface area (Å²) < 4.78 is 0. The second-order valence-electron chi connectivity index (χ2n) is 5.88. The predicted molar refractivity (Wildman–Crippen MR) is 73.6 cm³/mol. The second kappa shape index (κ2) is 5.90. The number of nitrogens with zero attached hydrogens (tertiary/aromatic N) is 1. The third kappa shape index (κ3) is 2.76. The van der Waals surface area contributed by atoms with E-state index in [2.05, 4.69) is 10.6 Å². The van der Waals surface area contributed by atoms with E-state index in [1.54, 1.807) is 11.9 Å². The third-order valence-electron chi connectivity index (χ3n) is 4.76. The molecule has 1 heterocycles. The number of nitrogens with one attached hydrogen (secondary N) is 2. The number of hydrogen-bond donors (Lipinski definition) is 2. The molecule has 2 atom stereocenters. The Hall–Kier alpha value is -1.10. The SMILES string of the molecule is CNC(=O)CCN(C)C(=O)[C@@]12CCCC[C@H]1CNC2. The smallest absolute Gasteiger partial charge is 0.230 e. The molecule has 2 aliphatic rings. The normalized spacial score (nSPS) is 29.7. The lowest BCUT2D eigenvalue weighted by molar-refractivity contribution is -0.144. The highest BCUT2D eigenvalue weighted by Gasteiger charge is 2.50. The molecule has 1 saturated carbocycles. The summed E-state index contributed by atoms with van der Waals surface area (Å²) in [5.41, 5.74) is -0.199. The van der Waals surface area contributed by atoms with Crippen LogP contribution in [0.25, 0.3) is 0 Å². The van der Waals surface area contributed by atoms with Crippen molar-refractivity contribution < 1.29 is 9.59 Å². The molecule has 0 radical (unpaired) electrons. The van der Waals surface area contributed by atoms with Gasteiger partial charge in [0.25, 0.3) is 0 Å². The Labute approximate surface area is 115 Å². The van der Waals surface area contributed by atoms with Crippen molar-refractivity contribution in [3.05, 3.63) is 0 Å². The molecule has 19 heavy (non-hydrogen) atoms. The van der Waals surface area contributed by atoms with Gasteiger partial charge in [0, 0.05) is 33.6 Å². The summed E-state index contributed by atoms with van der Waals surface area (Å²) in [6.07, 6.45) is 4.92. The van der Waals surface area contributed by atoms with E-state index < -0.39 is 0 Å². The molecule has 0 bridgehead atoms. The molecule has 0 aromatic carbocycles. The zero-order valence-corrected chi connectivity index (χ0v) is 12.0. The van der Waals surface area contributed by atoms with Crippen LogP contribution in [0.3, 0.4) is 0 Å². The molecule has 1 saturated heterocycles. The zero-order chi connectivity index (χ0) is 13.9. The Morgan fingerprint density at radius 1 is 1.42 bits per heavy atom. The molecule has 2 amide bonds. The van der Waals surface area contributed by atoms with Crippen LogP contribution in [0.5, 0.6) is 0 Å². The summed E-state index contributed by atoms with van der Waals surface area (Å²) in [7, 11) is 3.45. The van der Waals surface area contributed by atoms with E-state index in [9.17, 15) is 9.59 Å². The maximum atomic E-state index is 12.8. The average molecular weight is 267 g/mol. The van der Waals surface area contributed by atoms with E-state index in [0.717, 1.165) is 32.4 Å². The Morgan fingerprint density at radius 2 is 2.21 bits per heavy atom. The van der Waals surface area contributed by atoms with Gasteiger partial charge in [-0.25, -0.2) is 0 Å². The summed E-state index contributed by atoms with van der Waals surface area (Å²) in [5.74, 6) is 0.698. The first-order chi connectivity index (χ1) is 9.10. The molecule has 0 spiro atoms. The Morgan fingerprint density at radius 3 is 2.95 bits per heavy atom. The molecule has 0 aromatic rings. The minimum Gasteiger partial charge on any atom is -0.359 e. The first kappa shape index (κ1) is 14.3. The van der Waals surface area contributed by atoms with Gasteiger partial charge in [0.05, 0.1) is 5.41 Å². The fraction of sp³-hybridized carbons (Fsp3) is 0.857. The molecular weight excluding hydrogens is 242 g/mol. The lowest BCUT2D eigenvalue weighted by atomic mass is 9.67. The van der Waals surface area contributed by atoms with Crippen LogP contribution < -0.4 is 10.6 Å². The topological polar surface area (TPSA) is 61.4 Å². The van der Waals surface area contributed by atoms with Gasteiger partial charge >= 0.3 is 0 Å². The monoisotopic (exact) mass is 267 g/mol. The number of hydrogen-bond acceptors (Lipinski definition) is 3. The van der Waals surface area contributed by atoms with Gasteiger partial charge in [0.2, 0.25) is 11.8 Å². The van der Waals surface area contributed by atoms with E-state index in [-0.39, 0.29) is 17.2 Å². The highest BCUT2D eigenvalue weighted by atomic mass is 16.2. The van der Waals surface area contributed by atoms with Crippen molar-refractivity contribution in [3.63, 3.8) is 0 Å². The number of amides is 2. The van der Waals surface area contributed by atoms with E-state index in [4.69, 9.17) is 0 Å². The van der Waals surface area contributed by atoms with Crippen LogP contribution >= 0.6 is 0 Å². The van der Waals surface area contributed by atoms with Gasteiger partial charge in [-0.15, -0.1) is 0 Å². The fourth-order valence-corrected chi connectivity index (χ4v) is 3.54. The number of rotatable bonds is 4. The first-order valence-corrected chi connectivity index (χ1v) is 7.27. The van der Waals surface area contributed by atoms with E-state index >= 15 is 0 Å². The Balaban J connectivity index is 1.99. The molecule has 0 aromatic heterocycles. The molecule has 5 nitrogen and oxygen atoms in total. The van der Waals surface area contributed by atoms with Crippen molar-refractivity contribution in [2.24, 2.45) is 11.3 Å². The summed E-state index contributed by atoms with van der Waals surface area (Å²) in [5, 5.41) is 5.98. The number of carbonyl (C=O) groups excluding carboxylic acids is 2. The maximum Gasteiger partial charge on any atom is 0.230 e. The molecule has 2 fully saturated rings. The van der Waals surface area contributed by atoms with Gasteiger partial charge < -0.3 is 15.5 Å². The van der Waals surface area contributed by atoms with Gasteiger partial charge in [-0.3, -0.25) is 9.59 Å². The van der Waals surface area contributed by atoms with Crippen LogP contribution in [0.4, 0.5) is 0 Å². The van der Waals surface area contributed by atoms with Crippen molar-refractivity contribution >= 4 is 11.8 Å². The number of fused-ring (bicyclic) bond motifs is 1. The van der Waals surface area contributed by atoms with E-state index in [0.29, 0.717) is 18.9 Å². The summed E-state index contributed by atoms with van der Waals surface area (Å²) in [4.78, 5) is 25.8. The Bertz CT molecular complexity index is 359. The second-order valence-corrected chi connectivity index (χ2v) is 5.88. The van der Waals surface area contributed by atoms with Crippen molar-refractivity contribution in [2.45, 2.75) is 32.1 Å². The summed E-state index contributed by atoms with van der Waals surface area (Å²) in [6.45, 7) is 2.28. The van der Waals surface area contributed by atoms with Gasteiger partial charge in [-0.05, 0) is 25.3 Å². The quantitative estimate of drug-likeness (QED) is 0.773. The highest BCUT2D eigenvalue weighted by molar-refractivity contribution is 5.84. The van der Waals surface area contributed by atoms with Gasteiger partial charge in [-0.1, -0.05) is 12.8 Å². The predicted octanol–water partition coefficient (Wildman–Crippen LogP) is 0.361. The van der Waals surface area contributed by atoms with Crippen LogP contribution in [0.1, 0.15) is 32.1 Å². The lowest BCUT2D eigenvalue weighted by Gasteiger charge is -2.39. The van der Waals surface area contributed by atoms with Gasteiger partial charge in [0.1, 0.15) is 0 Å². The first-order valence-electron chi connectivity index (χ1n) is 7.27. The van der Waals surface area contributed by atoms with Crippen molar-refractivity contribution in [1.82, 2.24) is 15.5 Å². The molecule has 1 aliphatic heterocycles. The lowest BCUT2D eigenvalue weighted by Crippen LogP contribution is -2.49. The standard InChI is InChI=1S/C14H25N3O2/c1-15-12(18)6-8-17(2)13(19)14-7-4-3-5-11(14)9-16-10-14/h11,16H,3-10H2,1-2H3,(H,15,18)/t11-,14+/m0/s1. The summed E-state index contributed by atoms with van der Waals surface area (Å²) in [6, 6.07) is 0. The van der Waals surface area contributed by atoms with Crippen LogP contribution in [-0.4, -0.2) is 50.4 Å². The van der Waals surface area contributed by atoms with Crippen molar-refractivity contribution in [1.29, 1.82) is 0 Å². The molecule has 2 N–H and O–H groups in total. The largest absolute Gasteiger partial charge is 0.359 e. The van der Waals surface area contributed by atoms with Crippen LogP contribution in [0.2, 0.25) is 0 Å². The maximum absolute atomic E-state index is 12.8. The molecule has 1 aliphatic carbocycles. The molecule has 2 rings (SSSR count). The van der Waals surface area contributed by atoms with Crippen LogP contribution in [0, 0.1) is 11.3 Å². The summed E-state index contributed by atoms with van der Waals surface area (Å²) >= 11 is 0. The molecule has 5 heteroatoms. The van der Waals surface area contributed by atoms with E-state index in [1.807, 2.05) is 7.05 Å². The zero-order valence-electron chi connectivity index (χ0n) is 12.0. The van der Waals surface area contributed by atoms with Crippen LogP contribution in [0.15, 0.2) is 0 Å². The Kier molecular flexibility index (Phi) is 4.45.